The van der Waals surface area contributed by atoms with E-state index in [1.165, 1.54) is 0 Å². The summed E-state index contributed by atoms with van der Waals surface area (Å²) in [6.45, 7) is 1.86. The van der Waals surface area contributed by atoms with Crippen LogP contribution in [-0.2, 0) is 4.79 Å². The van der Waals surface area contributed by atoms with Crippen molar-refractivity contribution in [3.05, 3.63) is 30.1 Å². The molecule has 1 atom stereocenters. The molecular weight excluding hydrogens is 192 g/mol. The summed E-state index contributed by atoms with van der Waals surface area (Å²) in [5.74, 6) is -1.27. The first kappa shape index (κ1) is 9.71. The molecule has 2 aromatic heterocycles. The smallest absolute Gasteiger partial charge is 0.311 e. The van der Waals surface area contributed by atoms with Gasteiger partial charge in [-0.3, -0.25) is 9.78 Å². The first-order chi connectivity index (χ1) is 7.22. The van der Waals surface area contributed by atoms with Gasteiger partial charge >= 0.3 is 5.97 Å². The summed E-state index contributed by atoms with van der Waals surface area (Å²) in [6, 6.07) is 3.71. The average Bonchev–Trinajstić information content (AvgIpc) is 2.65. The maximum Gasteiger partial charge on any atom is 0.311 e. The Labute approximate surface area is 87.0 Å². The summed E-state index contributed by atoms with van der Waals surface area (Å²) in [5, 5.41) is 9.01. The third-order valence-electron chi connectivity index (χ3n) is 2.53. The molecule has 0 aliphatic carbocycles. The number of aromatic amines is 1. The monoisotopic (exact) mass is 204 g/mol. The number of aromatic nitrogens is 2. The first-order valence-electron chi connectivity index (χ1n) is 4.88. The quantitative estimate of drug-likeness (QED) is 0.804. The molecule has 2 aromatic rings. The lowest BCUT2D eigenvalue weighted by atomic mass is 9.98. The molecule has 0 aromatic carbocycles. The van der Waals surface area contributed by atoms with Crippen LogP contribution in [0.15, 0.2) is 24.5 Å². The van der Waals surface area contributed by atoms with Crippen molar-refractivity contribution in [1.29, 1.82) is 0 Å². The average molecular weight is 204 g/mol. The molecule has 0 radical (unpaired) electrons. The summed E-state index contributed by atoms with van der Waals surface area (Å²) >= 11 is 0. The molecule has 0 amide bonds. The van der Waals surface area contributed by atoms with Crippen molar-refractivity contribution >= 4 is 17.0 Å². The summed E-state index contributed by atoms with van der Waals surface area (Å²) in [6.07, 6.45) is 4.00. The minimum atomic E-state index is -0.801. The molecule has 0 aliphatic rings. The number of aliphatic carboxylic acids is 1. The summed E-state index contributed by atoms with van der Waals surface area (Å²) in [7, 11) is 0. The number of rotatable bonds is 3. The van der Waals surface area contributed by atoms with Gasteiger partial charge < -0.3 is 10.1 Å². The van der Waals surface area contributed by atoms with Crippen LogP contribution in [0, 0.1) is 0 Å². The molecule has 0 fully saturated rings. The highest BCUT2D eigenvalue weighted by Gasteiger charge is 2.18. The Kier molecular flexibility index (Phi) is 2.41. The Balaban J connectivity index is 2.46. The number of carbonyl (C=O) groups is 1. The number of pyridine rings is 1. The number of fused-ring (bicyclic) bond motifs is 1. The Morgan fingerprint density at radius 1 is 1.67 bits per heavy atom. The fourth-order valence-corrected chi connectivity index (χ4v) is 1.69. The number of hydrogen-bond acceptors (Lipinski definition) is 2. The third-order valence-corrected chi connectivity index (χ3v) is 2.53. The number of carboxylic acid groups (broad SMARTS) is 1. The molecule has 4 heteroatoms. The molecule has 0 bridgehead atoms. The van der Waals surface area contributed by atoms with Crippen molar-refractivity contribution < 1.29 is 9.90 Å². The van der Waals surface area contributed by atoms with Gasteiger partial charge in [0.15, 0.2) is 0 Å². The summed E-state index contributed by atoms with van der Waals surface area (Å²) in [5.41, 5.74) is 2.49. The van der Waals surface area contributed by atoms with Crippen molar-refractivity contribution in [2.45, 2.75) is 19.3 Å². The highest BCUT2D eigenvalue weighted by molar-refractivity contribution is 5.80. The normalized spacial score (nSPS) is 12.9. The Bertz CT molecular complexity index is 490. The molecule has 0 spiro atoms. The minimum Gasteiger partial charge on any atom is -0.481 e. The number of carboxylic acids is 1. The van der Waals surface area contributed by atoms with Crippen LogP contribution >= 0.6 is 0 Å². The molecule has 15 heavy (non-hydrogen) atoms. The van der Waals surface area contributed by atoms with Gasteiger partial charge in [0.2, 0.25) is 0 Å². The summed E-state index contributed by atoms with van der Waals surface area (Å²) in [4.78, 5) is 18.2. The van der Waals surface area contributed by atoms with Gasteiger partial charge in [-0.1, -0.05) is 6.92 Å². The van der Waals surface area contributed by atoms with Crippen LogP contribution in [0.1, 0.15) is 24.8 Å². The molecule has 2 N–H and O–H groups in total. The standard InChI is InChI=1S/C11H12N2O2/c1-2-8(11(14)15)7-5-10-9(13-6-7)3-4-12-10/h3-6,8,12H,2H2,1H3,(H,14,15). The number of nitrogens with one attached hydrogen (secondary N) is 1. The van der Waals surface area contributed by atoms with Crippen molar-refractivity contribution in [2.75, 3.05) is 0 Å². The largest absolute Gasteiger partial charge is 0.481 e. The van der Waals surface area contributed by atoms with Crippen LogP contribution < -0.4 is 0 Å². The molecule has 78 valence electrons. The van der Waals surface area contributed by atoms with Gasteiger partial charge in [0.05, 0.1) is 17.0 Å². The second-order valence-electron chi connectivity index (χ2n) is 3.48. The van der Waals surface area contributed by atoms with Crippen molar-refractivity contribution in [1.82, 2.24) is 9.97 Å². The van der Waals surface area contributed by atoms with Crippen molar-refractivity contribution in [3.63, 3.8) is 0 Å². The molecule has 2 rings (SSSR count). The lowest BCUT2D eigenvalue weighted by Crippen LogP contribution is -2.10. The fourth-order valence-electron chi connectivity index (χ4n) is 1.69. The molecule has 0 saturated carbocycles. The van der Waals surface area contributed by atoms with E-state index in [1.54, 1.807) is 12.4 Å². The lowest BCUT2D eigenvalue weighted by Gasteiger charge is -2.09. The Hall–Kier alpha value is -1.84. The Morgan fingerprint density at radius 3 is 3.13 bits per heavy atom. The predicted octanol–water partition coefficient (Wildman–Crippen LogP) is 2.14. The second kappa shape index (κ2) is 3.73. The number of hydrogen-bond donors (Lipinski definition) is 2. The third kappa shape index (κ3) is 1.70. The van der Waals surface area contributed by atoms with Gasteiger partial charge in [-0.15, -0.1) is 0 Å². The SMILES string of the molecule is CCC(C(=O)O)c1cnc2cc[nH]c2c1. The molecule has 1 unspecified atom stereocenters. The van der Waals surface area contributed by atoms with Crippen molar-refractivity contribution in [3.8, 4) is 0 Å². The zero-order chi connectivity index (χ0) is 10.8. The zero-order valence-electron chi connectivity index (χ0n) is 8.40. The van der Waals surface area contributed by atoms with Crippen LogP contribution in [0.25, 0.3) is 11.0 Å². The maximum atomic E-state index is 11.0. The van der Waals surface area contributed by atoms with E-state index in [-0.39, 0.29) is 0 Å². The van der Waals surface area contributed by atoms with Crippen molar-refractivity contribution in [2.24, 2.45) is 0 Å². The van der Waals surface area contributed by atoms with Crippen LogP contribution in [0.4, 0.5) is 0 Å². The molecule has 2 heterocycles. The van der Waals surface area contributed by atoms with Gasteiger partial charge in [0.25, 0.3) is 0 Å². The topological polar surface area (TPSA) is 66.0 Å². The Morgan fingerprint density at radius 2 is 2.47 bits per heavy atom. The van der Waals surface area contributed by atoms with E-state index in [0.717, 1.165) is 16.6 Å². The zero-order valence-corrected chi connectivity index (χ0v) is 8.40. The van der Waals surface area contributed by atoms with Gasteiger partial charge in [0, 0.05) is 12.4 Å². The highest BCUT2D eigenvalue weighted by Crippen LogP contribution is 2.21. The van der Waals surface area contributed by atoms with E-state index in [9.17, 15) is 4.79 Å². The van der Waals surface area contributed by atoms with E-state index >= 15 is 0 Å². The van der Waals surface area contributed by atoms with E-state index in [0.29, 0.717) is 6.42 Å². The number of nitrogens with zero attached hydrogens (tertiary/aromatic N) is 1. The molecular formula is C11H12N2O2. The molecule has 4 nitrogen and oxygen atoms in total. The summed E-state index contributed by atoms with van der Waals surface area (Å²) < 4.78 is 0. The van der Waals surface area contributed by atoms with E-state index in [2.05, 4.69) is 9.97 Å². The van der Waals surface area contributed by atoms with Gasteiger partial charge in [-0.05, 0) is 24.1 Å². The minimum absolute atomic E-state index is 0.467. The van der Waals surface area contributed by atoms with Crippen LogP contribution in [0.5, 0.6) is 0 Å². The van der Waals surface area contributed by atoms with E-state index in [1.807, 2.05) is 19.1 Å². The van der Waals surface area contributed by atoms with E-state index in [4.69, 9.17) is 5.11 Å². The van der Waals surface area contributed by atoms with Crippen LogP contribution in [-0.4, -0.2) is 21.0 Å². The molecule has 0 aliphatic heterocycles. The first-order valence-corrected chi connectivity index (χ1v) is 4.88. The highest BCUT2D eigenvalue weighted by atomic mass is 16.4. The van der Waals surface area contributed by atoms with Gasteiger partial charge in [-0.25, -0.2) is 0 Å². The maximum absolute atomic E-state index is 11.0. The van der Waals surface area contributed by atoms with Crippen LogP contribution in [0.3, 0.4) is 0 Å². The van der Waals surface area contributed by atoms with Gasteiger partial charge in [-0.2, -0.15) is 0 Å². The second-order valence-corrected chi connectivity index (χ2v) is 3.48. The van der Waals surface area contributed by atoms with E-state index < -0.39 is 11.9 Å². The van der Waals surface area contributed by atoms with Crippen LogP contribution in [0.2, 0.25) is 0 Å². The fraction of sp³-hybridized carbons (Fsp3) is 0.273. The lowest BCUT2D eigenvalue weighted by molar-refractivity contribution is -0.138. The predicted molar refractivity (Wildman–Crippen MR) is 56.8 cm³/mol. The molecule has 0 saturated heterocycles. The van der Waals surface area contributed by atoms with Gasteiger partial charge in [0.1, 0.15) is 0 Å². The number of H-pyrrole nitrogens is 1.